The molecular weight excluding hydrogens is 396 g/mol. The molecule has 30 heavy (non-hydrogen) atoms. The second kappa shape index (κ2) is 9.45. The normalized spacial score (nSPS) is 17.3. The molecule has 4 rings (SSSR count). The Morgan fingerprint density at radius 2 is 1.83 bits per heavy atom. The van der Waals surface area contributed by atoms with Crippen LogP contribution in [0.3, 0.4) is 0 Å². The summed E-state index contributed by atoms with van der Waals surface area (Å²) in [7, 11) is 3.57. The second-order valence-electron chi connectivity index (χ2n) is 7.39. The van der Waals surface area contributed by atoms with E-state index in [1.807, 2.05) is 65.0 Å². The molecule has 1 fully saturated rings. The van der Waals surface area contributed by atoms with Crippen molar-refractivity contribution >= 4 is 17.7 Å². The van der Waals surface area contributed by atoms with E-state index in [1.54, 1.807) is 18.9 Å². The van der Waals surface area contributed by atoms with Crippen LogP contribution in [0.25, 0.3) is 0 Å². The number of likely N-dealkylation sites (tertiary alicyclic amines) is 1. The molecule has 3 aromatic rings. The maximum absolute atomic E-state index is 13.3. The van der Waals surface area contributed by atoms with Crippen LogP contribution >= 0.6 is 11.8 Å². The van der Waals surface area contributed by atoms with E-state index in [-0.39, 0.29) is 11.9 Å². The van der Waals surface area contributed by atoms with Crippen LogP contribution in [0.2, 0.25) is 0 Å². The van der Waals surface area contributed by atoms with Gasteiger partial charge in [-0.1, -0.05) is 72.4 Å². The summed E-state index contributed by atoms with van der Waals surface area (Å²) in [6.07, 6.45) is 1.22. The Morgan fingerprint density at radius 1 is 1.13 bits per heavy atom. The zero-order valence-corrected chi connectivity index (χ0v) is 18.1. The fourth-order valence-electron chi connectivity index (χ4n) is 3.92. The number of amides is 1. The number of carbonyl (C=O) groups excluding carboxylic acids is 1. The summed E-state index contributed by atoms with van der Waals surface area (Å²) in [4.78, 5) is 15.2. The molecule has 0 radical (unpaired) electrons. The number of methoxy groups -OCH3 is 1. The maximum atomic E-state index is 13.3. The lowest BCUT2D eigenvalue weighted by Crippen LogP contribution is -2.36. The minimum Gasteiger partial charge on any atom is -0.367 e. The highest BCUT2D eigenvalue weighted by atomic mass is 32.2. The molecule has 6 nitrogen and oxygen atoms in total. The third-order valence-electron chi connectivity index (χ3n) is 5.48. The number of benzene rings is 2. The molecule has 2 atom stereocenters. The fraction of sp³-hybridized carbons (Fsp3) is 0.348. The molecule has 2 heterocycles. The molecule has 1 amide bonds. The number of aromatic nitrogens is 3. The van der Waals surface area contributed by atoms with Gasteiger partial charge in [0.2, 0.25) is 0 Å². The van der Waals surface area contributed by atoms with Crippen molar-refractivity contribution in [1.29, 1.82) is 0 Å². The lowest BCUT2D eigenvalue weighted by Gasteiger charge is -2.28. The molecule has 0 unspecified atom stereocenters. The summed E-state index contributed by atoms with van der Waals surface area (Å²) >= 11 is 1.66. The topological polar surface area (TPSA) is 60.2 Å². The van der Waals surface area contributed by atoms with Gasteiger partial charge in [0.05, 0.1) is 6.04 Å². The first-order chi connectivity index (χ1) is 14.7. The van der Waals surface area contributed by atoms with Gasteiger partial charge < -0.3 is 14.2 Å². The number of nitrogens with zero attached hydrogens (tertiary/aromatic N) is 4. The Labute approximate surface area is 181 Å². The highest BCUT2D eigenvalue weighted by Crippen LogP contribution is 2.35. The van der Waals surface area contributed by atoms with Crippen LogP contribution in [-0.4, -0.2) is 39.2 Å². The van der Waals surface area contributed by atoms with Crippen molar-refractivity contribution in [3.8, 4) is 0 Å². The van der Waals surface area contributed by atoms with Crippen molar-refractivity contribution in [2.75, 3.05) is 13.7 Å². The molecule has 0 bridgehead atoms. The van der Waals surface area contributed by atoms with Crippen LogP contribution in [0.1, 0.15) is 41.9 Å². The molecule has 1 aliphatic heterocycles. The first-order valence-electron chi connectivity index (χ1n) is 10.1. The highest BCUT2D eigenvalue weighted by molar-refractivity contribution is 7.98. The standard InChI is InChI=1S/C23H26N4O2S/c1-26-21(24-25-23(26)30-16-17-10-5-3-6-11-17)19-14-9-15-27(19)22(28)20(29-2)18-12-7-4-8-13-18/h3-8,10-13,19-20H,9,14-16H2,1-2H3/t19-,20+/m0/s1. The van der Waals surface area contributed by atoms with Gasteiger partial charge in [0.1, 0.15) is 0 Å². The SMILES string of the molecule is CO[C@@H](C(=O)N1CCC[C@H]1c1nnc(SCc2ccccc2)n1C)c1ccccc1. The summed E-state index contributed by atoms with van der Waals surface area (Å²) in [5, 5.41) is 9.72. The molecule has 1 aliphatic rings. The third kappa shape index (κ3) is 4.27. The summed E-state index contributed by atoms with van der Waals surface area (Å²) < 4.78 is 7.60. The van der Waals surface area contributed by atoms with Crippen LogP contribution < -0.4 is 0 Å². The van der Waals surface area contributed by atoms with E-state index in [9.17, 15) is 4.79 Å². The first-order valence-corrected chi connectivity index (χ1v) is 11.1. The van der Waals surface area contributed by atoms with Gasteiger partial charge in [0.25, 0.3) is 5.91 Å². The number of hydrogen-bond donors (Lipinski definition) is 0. The average Bonchev–Trinajstić information content (AvgIpc) is 3.40. The highest BCUT2D eigenvalue weighted by Gasteiger charge is 2.37. The summed E-state index contributed by atoms with van der Waals surface area (Å²) in [5.74, 6) is 1.65. The predicted octanol–water partition coefficient (Wildman–Crippen LogP) is 4.16. The molecule has 0 spiro atoms. The maximum Gasteiger partial charge on any atom is 0.256 e. The molecule has 7 heteroatoms. The minimum absolute atomic E-state index is 0.0207. The molecule has 0 aliphatic carbocycles. The number of thioether (sulfide) groups is 1. The quantitative estimate of drug-likeness (QED) is 0.535. The Bertz CT molecular complexity index is 977. The van der Waals surface area contributed by atoms with Crippen molar-refractivity contribution in [3.05, 3.63) is 77.6 Å². The summed E-state index contributed by atoms with van der Waals surface area (Å²) in [5.41, 5.74) is 2.11. The molecule has 2 aromatic carbocycles. The van der Waals surface area contributed by atoms with Crippen molar-refractivity contribution < 1.29 is 9.53 Å². The summed E-state index contributed by atoms with van der Waals surface area (Å²) in [6.45, 7) is 0.704. The Kier molecular flexibility index (Phi) is 6.50. The van der Waals surface area contributed by atoms with Gasteiger partial charge in [0, 0.05) is 26.5 Å². The third-order valence-corrected chi connectivity index (χ3v) is 6.57. The van der Waals surface area contributed by atoms with E-state index in [4.69, 9.17) is 4.74 Å². The number of carbonyl (C=O) groups is 1. The van der Waals surface area contributed by atoms with Crippen molar-refractivity contribution in [1.82, 2.24) is 19.7 Å². The number of rotatable bonds is 7. The van der Waals surface area contributed by atoms with Crippen molar-refractivity contribution in [3.63, 3.8) is 0 Å². The second-order valence-corrected chi connectivity index (χ2v) is 8.33. The van der Waals surface area contributed by atoms with E-state index in [0.717, 1.165) is 35.1 Å². The average molecular weight is 423 g/mol. The Morgan fingerprint density at radius 3 is 2.53 bits per heavy atom. The van der Waals surface area contributed by atoms with E-state index in [2.05, 4.69) is 22.3 Å². The van der Waals surface area contributed by atoms with Crippen LogP contribution in [0.4, 0.5) is 0 Å². The van der Waals surface area contributed by atoms with Crippen LogP contribution in [0.15, 0.2) is 65.8 Å². The Hall–Kier alpha value is -2.64. The van der Waals surface area contributed by atoms with Gasteiger partial charge in [-0.15, -0.1) is 10.2 Å². The van der Waals surface area contributed by atoms with E-state index in [1.165, 1.54) is 5.56 Å². The van der Waals surface area contributed by atoms with Gasteiger partial charge >= 0.3 is 0 Å². The number of hydrogen-bond acceptors (Lipinski definition) is 5. The van der Waals surface area contributed by atoms with Gasteiger partial charge in [-0.2, -0.15) is 0 Å². The zero-order valence-electron chi connectivity index (χ0n) is 17.3. The smallest absolute Gasteiger partial charge is 0.256 e. The van der Waals surface area contributed by atoms with Gasteiger partial charge in [-0.05, 0) is 24.0 Å². The van der Waals surface area contributed by atoms with Crippen LogP contribution in [0, 0.1) is 0 Å². The molecule has 1 saturated heterocycles. The van der Waals surface area contributed by atoms with Crippen LogP contribution in [0.5, 0.6) is 0 Å². The van der Waals surface area contributed by atoms with Gasteiger partial charge in [-0.3, -0.25) is 4.79 Å². The predicted molar refractivity (Wildman–Crippen MR) is 117 cm³/mol. The van der Waals surface area contributed by atoms with E-state index >= 15 is 0 Å². The zero-order chi connectivity index (χ0) is 20.9. The van der Waals surface area contributed by atoms with E-state index < -0.39 is 6.10 Å². The Balaban J connectivity index is 1.51. The first kappa shape index (κ1) is 20.6. The molecule has 1 aromatic heterocycles. The monoisotopic (exact) mass is 422 g/mol. The van der Waals surface area contributed by atoms with Gasteiger partial charge in [0.15, 0.2) is 17.1 Å². The fourth-order valence-corrected chi connectivity index (χ4v) is 4.79. The number of ether oxygens (including phenoxy) is 1. The molecular formula is C23H26N4O2S. The van der Waals surface area contributed by atoms with Crippen LogP contribution in [-0.2, 0) is 22.3 Å². The lowest BCUT2D eigenvalue weighted by molar-refractivity contribution is -0.143. The molecule has 0 N–H and O–H groups in total. The largest absolute Gasteiger partial charge is 0.367 e. The molecule has 156 valence electrons. The summed E-state index contributed by atoms with van der Waals surface area (Å²) in [6, 6.07) is 19.9. The van der Waals surface area contributed by atoms with Gasteiger partial charge in [-0.25, -0.2) is 0 Å². The lowest BCUT2D eigenvalue weighted by atomic mass is 10.1. The minimum atomic E-state index is -0.605. The van der Waals surface area contributed by atoms with Crippen molar-refractivity contribution in [2.24, 2.45) is 7.05 Å². The van der Waals surface area contributed by atoms with E-state index in [0.29, 0.717) is 6.54 Å². The molecule has 0 saturated carbocycles. The van der Waals surface area contributed by atoms with Crippen molar-refractivity contribution in [2.45, 2.75) is 35.9 Å².